The van der Waals surface area contributed by atoms with Crippen LogP contribution >= 0.6 is 11.8 Å². The highest BCUT2D eigenvalue weighted by Gasteiger charge is 2.15. The molecule has 1 aromatic carbocycles. The van der Waals surface area contributed by atoms with Gasteiger partial charge in [0.1, 0.15) is 5.75 Å². The molecule has 2 nitrogen and oxygen atoms in total. The third kappa shape index (κ3) is 3.39. The Hall–Kier alpha value is -0.670. The van der Waals surface area contributed by atoms with Crippen LogP contribution in [0.3, 0.4) is 0 Å². The largest absolute Gasteiger partial charge is 0.496 e. The number of aryl methyl sites for hydroxylation is 1. The van der Waals surface area contributed by atoms with Gasteiger partial charge in [-0.25, -0.2) is 0 Å². The van der Waals surface area contributed by atoms with Gasteiger partial charge in [-0.3, -0.25) is 0 Å². The summed E-state index contributed by atoms with van der Waals surface area (Å²) in [6.45, 7) is 6.45. The van der Waals surface area contributed by atoms with Crippen LogP contribution in [0.25, 0.3) is 0 Å². The average Bonchev–Trinajstić information content (AvgIpc) is 2.28. The number of rotatable bonds is 5. The van der Waals surface area contributed by atoms with Gasteiger partial charge in [0.25, 0.3) is 0 Å². The fourth-order valence-corrected chi connectivity index (χ4v) is 2.55. The van der Waals surface area contributed by atoms with Gasteiger partial charge < -0.3 is 10.5 Å². The minimum atomic E-state index is 0.105. The van der Waals surface area contributed by atoms with E-state index >= 15 is 0 Å². The molecule has 0 heterocycles. The van der Waals surface area contributed by atoms with Crippen molar-refractivity contribution in [3.63, 3.8) is 0 Å². The number of benzene rings is 1. The van der Waals surface area contributed by atoms with Crippen LogP contribution in [0, 0.1) is 6.92 Å². The molecular weight excluding hydrogens is 230 g/mol. The number of ether oxygens (including phenoxy) is 1. The zero-order valence-electron chi connectivity index (χ0n) is 11.4. The quantitative estimate of drug-likeness (QED) is 0.872. The second-order valence-corrected chi connectivity index (χ2v) is 5.58. The van der Waals surface area contributed by atoms with Crippen molar-refractivity contribution in [2.45, 2.75) is 32.7 Å². The molecule has 0 spiro atoms. The molecule has 17 heavy (non-hydrogen) atoms. The number of hydrogen-bond donors (Lipinski definition) is 1. The lowest BCUT2D eigenvalue weighted by Crippen LogP contribution is -2.15. The molecule has 0 saturated carbocycles. The van der Waals surface area contributed by atoms with Crippen LogP contribution in [-0.4, -0.2) is 19.1 Å². The molecule has 0 aliphatic carbocycles. The van der Waals surface area contributed by atoms with Crippen molar-refractivity contribution in [3.8, 4) is 5.75 Å². The molecule has 0 bridgehead atoms. The molecule has 0 fully saturated rings. The lowest BCUT2D eigenvalue weighted by atomic mass is 9.94. The Labute approximate surface area is 109 Å². The van der Waals surface area contributed by atoms with Gasteiger partial charge in [-0.2, -0.15) is 11.8 Å². The molecule has 0 aliphatic heterocycles. The van der Waals surface area contributed by atoms with Crippen LogP contribution in [0.2, 0.25) is 0 Å². The lowest BCUT2D eigenvalue weighted by Gasteiger charge is -2.19. The summed E-state index contributed by atoms with van der Waals surface area (Å²) >= 11 is 1.78. The second kappa shape index (κ2) is 6.31. The zero-order valence-corrected chi connectivity index (χ0v) is 12.2. The molecule has 1 rings (SSSR count). The van der Waals surface area contributed by atoms with Gasteiger partial charge in [0.05, 0.1) is 7.11 Å². The number of hydrogen-bond acceptors (Lipinski definition) is 3. The van der Waals surface area contributed by atoms with Gasteiger partial charge in [-0.15, -0.1) is 0 Å². The van der Waals surface area contributed by atoms with Crippen molar-refractivity contribution >= 4 is 11.8 Å². The van der Waals surface area contributed by atoms with E-state index < -0.39 is 0 Å². The van der Waals surface area contributed by atoms with Crippen LogP contribution in [0.1, 0.15) is 42.5 Å². The highest BCUT2D eigenvalue weighted by atomic mass is 32.2. The standard InChI is InChI=1S/C14H23NOS/c1-9(2)11-7-12(13(15)8-17-5)10(3)6-14(11)16-4/h6-7,9,13H,8,15H2,1-5H3. The summed E-state index contributed by atoms with van der Waals surface area (Å²) in [7, 11) is 1.72. The van der Waals surface area contributed by atoms with E-state index in [2.05, 4.69) is 39.2 Å². The molecule has 2 N–H and O–H groups in total. The molecule has 0 amide bonds. The molecule has 96 valence electrons. The topological polar surface area (TPSA) is 35.2 Å². The van der Waals surface area contributed by atoms with Gasteiger partial charge in [0.15, 0.2) is 0 Å². The smallest absolute Gasteiger partial charge is 0.122 e. The molecule has 0 aliphatic rings. The van der Waals surface area contributed by atoms with Crippen LogP contribution in [0.5, 0.6) is 5.75 Å². The molecule has 1 atom stereocenters. The highest BCUT2D eigenvalue weighted by Crippen LogP contribution is 2.32. The third-order valence-electron chi connectivity index (χ3n) is 2.99. The maximum atomic E-state index is 6.21. The van der Waals surface area contributed by atoms with E-state index in [1.54, 1.807) is 18.9 Å². The van der Waals surface area contributed by atoms with Gasteiger partial charge >= 0.3 is 0 Å². The van der Waals surface area contributed by atoms with E-state index in [-0.39, 0.29) is 6.04 Å². The maximum absolute atomic E-state index is 6.21. The fraction of sp³-hybridized carbons (Fsp3) is 0.571. The van der Waals surface area contributed by atoms with Crippen molar-refractivity contribution in [2.75, 3.05) is 19.1 Å². The minimum Gasteiger partial charge on any atom is -0.496 e. The lowest BCUT2D eigenvalue weighted by molar-refractivity contribution is 0.407. The van der Waals surface area contributed by atoms with E-state index in [1.165, 1.54) is 16.7 Å². The molecular formula is C14H23NOS. The molecule has 0 radical (unpaired) electrons. The van der Waals surface area contributed by atoms with E-state index in [4.69, 9.17) is 10.5 Å². The Morgan fingerprint density at radius 2 is 1.94 bits per heavy atom. The molecule has 1 aromatic rings. The number of thioether (sulfide) groups is 1. The van der Waals surface area contributed by atoms with Crippen LogP contribution in [-0.2, 0) is 0 Å². The van der Waals surface area contributed by atoms with Gasteiger partial charge in [-0.1, -0.05) is 13.8 Å². The highest BCUT2D eigenvalue weighted by molar-refractivity contribution is 7.98. The van der Waals surface area contributed by atoms with E-state index in [9.17, 15) is 0 Å². The first-order valence-corrected chi connectivity index (χ1v) is 7.33. The Kier molecular flexibility index (Phi) is 5.34. The molecule has 0 aromatic heterocycles. The molecule has 1 unspecified atom stereocenters. The number of nitrogens with two attached hydrogens (primary N) is 1. The Morgan fingerprint density at radius 3 is 2.41 bits per heavy atom. The summed E-state index contributed by atoms with van der Waals surface area (Å²) in [5.41, 5.74) is 9.90. The third-order valence-corrected chi connectivity index (χ3v) is 3.68. The predicted molar refractivity (Wildman–Crippen MR) is 77.1 cm³/mol. The van der Waals surface area contributed by atoms with Crippen molar-refractivity contribution in [3.05, 3.63) is 28.8 Å². The number of methoxy groups -OCH3 is 1. The zero-order chi connectivity index (χ0) is 13.0. The summed E-state index contributed by atoms with van der Waals surface area (Å²) < 4.78 is 5.44. The summed E-state index contributed by atoms with van der Waals surface area (Å²) in [4.78, 5) is 0. The average molecular weight is 253 g/mol. The summed E-state index contributed by atoms with van der Waals surface area (Å²) in [6, 6.07) is 4.42. The Balaban J connectivity index is 3.19. The normalized spacial score (nSPS) is 12.9. The van der Waals surface area contributed by atoms with Crippen LogP contribution in [0.4, 0.5) is 0 Å². The van der Waals surface area contributed by atoms with Gasteiger partial charge in [0.2, 0.25) is 0 Å². The Morgan fingerprint density at radius 1 is 1.29 bits per heavy atom. The second-order valence-electron chi connectivity index (χ2n) is 4.67. The van der Waals surface area contributed by atoms with Crippen molar-refractivity contribution in [1.82, 2.24) is 0 Å². The van der Waals surface area contributed by atoms with Gasteiger partial charge in [-0.05, 0) is 47.9 Å². The van der Waals surface area contributed by atoms with E-state index in [0.717, 1.165) is 11.5 Å². The van der Waals surface area contributed by atoms with Gasteiger partial charge in [0, 0.05) is 11.8 Å². The van der Waals surface area contributed by atoms with Crippen molar-refractivity contribution in [2.24, 2.45) is 5.73 Å². The first kappa shape index (κ1) is 14.4. The van der Waals surface area contributed by atoms with Crippen molar-refractivity contribution in [1.29, 1.82) is 0 Å². The van der Waals surface area contributed by atoms with Crippen LogP contribution in [0.15, 0.2) is 12.1 Å². The molecule has 0 saturated heterocycles. The first-order chi connectivity index (χ1) is 8.01. The van der Waals surface area contributed by atoms with E-state index in [0.29, 0.717) is 5.92 Å². The van der Waals surface area contributed by atoms with E-state index in [1.807, 2.05) is 0 Å². The fourth-order valence-electron chi connectivity index (χ4n) is 2.01. The predicted octanol–water partition coefficient (Wildman–Crippen LogP) is 3.49. The SMILES string of the molecule is COc1cc(C)c(C(N)CSC)cc1C(C)C. The summed E-state index contributed by atoms with van der Waals surface area (Å²) in [5.74, 6) is 2.37. The summed E-state index contributed by atoms with van der Waals surface area (Å²) in [5, 5.41) is 0. The summed E-state index contributed by atoms with van der Waals surface area (Å²) in [6.07, 6.45) is 2.09. The Bertz CT molecular complexity index is 377. The molecule has 3 heteroatoms. The first-order valence-electron chi connectivity index (χ1n) is 5.94. The maximum Gasteiger partial charge on any atom is 0.122 e. The minimum absolute atomic E-state index is 0.105. The monoisotopic (exact) mass is 253 g/mol. The van der Waals surface area contributed by atoms with Crippen LogP contribution < -0.4 is 10.5 Å². The van der Waals surface area contributed by atoms with Crippen molar-refractivity contribution < 1.29 is 4.74 Å².